The lowest BCUT2D eigenvalue weighted by molar-refractivity contribution is -0.148. The van der Waals surface area contributed by atoms with Gasteiger partial charge in [-0.1, -0.05) is 54.5 Å². The molecule has 3 aliphatic rings. The first-order valence-corrected chi connectivity index (χ1v) is 16.4. The smallest absolute Gasteiger partial charge is 0.389 e. The number of carbonyl (C=O) groups is 6. The summed E-state index contributed by atoms with van der Waals surface area (Å²) in [5.74, 6) is -4.99. The van der Waals surface area contributed by atoms with E-state index in [1.807, 2.05) is 13.8 Å². The van der Waals surface area contributed by atoms with E-state index in [0.29, 0.717) is 5.92 Å². The van der Waals surface area contributed by atoms with Crippen LogP contribution in [-0.4, -0.2) is 90.4 Å². The highest BCUT2D eigenvalue weighted by molar-refractivity contribution is 6.38. The van der Waals surface area contributed by atoms with E-state index in [4.69, 9.17) is 4.74 Å². The Bertz CT molecular complexity index is 1270. The van der Waals surface area contributed by atoms with Crippen LogP contribution in [0.2, 0.25) is 0 Å². The van der Waals surface area contributed by atoms with Crippen molar-refractivity contribution in [3.05, 3.63) is 12.7 Å². The van der Waals surface area contributed by atoms with E-state index in [2.05, 4.69) is 27.8 Å². The van der Waals surface area contributed by atoms with Gasteiger partial charge in [0.05, 0.1) is 12.6 Å². The molecule has 0 aromatic carbocycles. The van der Waals surface area contributed by atoms with Gasteiger partial charge in [-0.25, -0.2) is 9.59 Å². The molecular weight excluding hydrogens is 635 g/mol. The predicted molar refractivity (Wildman–Crippen MR) is 169 cm³/mol. The molecule has 1 saturated heterocycles. The van der Waals surface area contributed by atoms with Crippen LogP contribution in [0.1, 0.15) is 74.1 Å². The van der Waals surface area contributed by atoms with E-state index in [1.54, 1.807) is 34.6 Å². The van der Waals surface area contributed by atoms with Crippen LogP contribution in [0.4, 0.5) is 18.0 Å². The minimum Gasteiger partial charge on any atom is -0.464 e. The second kappa shape index (κ2) is 14.9. The Hall–Kier alpha value is -3.65. The maximum atomic E-state index is 14.2. The Morgan fingerprint density at radius 3 is 2.17 bits per heavy atom. The van der Waals surface area contributed by atoms with Crippen LogP contribution in [0.3, 0.4) is 0 Å². The highest BCUT2D eigenvalue weighted by Gasteiger charge is 2.70. The van der Waals surface area contributed by atoms with Crippen LogP contribution >= 0.6 is 0 Å². The number of carbonyl (C=O) groups excluding carboxylic acids is 6. The molecule has 0 aromatic rings. The number of halogens is 3. The number of rotatable bonds is 15. The summed E-state index contributed by atoms with van der Waals surface area (Å²) < 4.78 is 44.8. The van der Waals surface area contributed by atoms with Gasteiger partial charge in [-0.05, 0) is 53.8 Å². The van der Waals surface area contributed by atoms with Gasteiger partial charge in [0.1, 0.15) is 18.1 Å². The maximum absolute atomic E-state index is 14.2. The summed E-state index contributed by atoms with van der Waals surface area (Å²) in [5.41, 5.74) is -1.27. The van der Waals surface area contributed by atoms with Gasteiger partial charge in [0.2, 0.25) is 17.6 Å². The Kier molecular flexibility index (Phi) is 12.0. The fraction of sp³-hybridized carbons (Fsp3) is 0.758. The van der Waals surface area contributed by atoms with Gasteiger partial charge in [0.15, 0.2) is 0 Å². The summed E-state index contributed by atoms with van der Waals surface area (Å²) >= 11 is 0. The fourth-order valence-corrected chi connectivity index (χ4v) is 6.26. The first kappa shape index (κ1) is 38.8. The first-order chi connectivity index (χ1) is 22.1. The van der Waals surface area contributed by atoms with Crippen LogP contribution in [0, 0.1) is 34.5 Å². The van der Waals surface area contributed by atoms with Crippen molar-refractivity contribution < 1.29 is 46.7 Å². The molecule has 1 unspecified atom stereocenters. The largest absolute Gasteiger partial charge is 0.464 e. The monoisotopic (exact) mass is 685 g/mol. The number of ketones is 1. The summed E-state index contributed by atoms with van der Waals surface area (Å²) in [4.78, 5) is 80.5. The second-order valence-electron chi connectivity index (χ2n) is 15.2. The molecule has 2 aliphatic carbocycles. The zero-order valence-electron chi connectivity index (χ0n) is 28.8. The van der Waals surface area contributed by atoms with E-state index < -0.39 is 84.1 Å². The maximum Gasteiger partial charge on any atom is 0.389 e. The van der Waals surface area contributed by atoms with Crippen molar-refractivity contribution in [1.29, 1.82) is 0 Å². The first-order valence-electron chi connectivity index (χ1n) is 16.4. The minimum absolute atomic E-state index is 0.109. The van der Waals surface area contributed by atoms with Gasteiger partial charge in [-0.3, -0.25) is 19.2 Å². The second-order valence-corrected chi connectivity index (χ2v) is 15.2. The molecule has 48 heavy (non-hydrogen) atoms. The van der Waals surface area contributed by atoms with Crippen molar-refractivity contribution >= 4 is 35.5 Å². The lowest BCUT2D eigenvalue weighted by atomic mass is 9.85. The van der Waals surface area contributed by atoms with Gasteiger partial charge in [0.25, 0.3) is 5.91 Å². The molecule has 0 bridgehead atoms. The Morgan fingerprint density at radius 2 is 1.65 bits per heavy atom. The average molecular weight is 686 g/mol. The minimum atomic E-state index is -4.66. The number of hydrogen-bond donors (Lipinski definition) is 4. The molecule has 5 amide bonds. The van der Waals surface area contributed by atoms with Crippen molar-refractivity contribution in [2.45, 2.75) is 104 Å². The Morgan fingerprint density at radius 1 is 1.02 bits per heavy atom. The Balaban J connectivity index is 1.81. The van der Waals surface area contributed by atoms with Crippen LogP contribution in [0.15, 0.2) is 12.7 Å². The molecule has 12 nitrogen and oxygen atoms in total. The number of ether oxygens (including phenoxy) is 1. The summed E-state index contributed by atoms with van der Waals surface area (Å²) in [6.07, 6.45) is -3.72. The number of nitrogens with one attached hydrogen (secondary N) is 4. The number of likely N-dealkylation sites (tertiary alicyclic amines) is 1. The zero-order chi connectivity index (χ0) is 36.4. The number of piperidine rings is 1. The number of alkyl halides is 3. The van der Waals surface area contributed by atoms with Crippen LogP contribution in [-0.2, 0) is 28.7 Å². The van der Waals surface area contributed by atoms with Gasteiger partial charge in [-0.15, -0.1) is 6.58 Å². The standard InChI is InChI=1S/C33H50F3N5O7/c1-9-14-37-27(44)24(42)20(12-13-33(34,35)36)38-26(43)23-21-19(32(21,7)8)15-41(23)28(45)25(31(4,5)6)40-30(47)39-22(17(2)3)29(46)48-16-18-10-11-18/h9,17-23,25H,1,10-16H2,2-8H3,(H,37,44)(H,38,43)(H2,39,40,47)/t19-,20?,21-,22-,23-,25+/m0/s1. The predicted octanol–water partition coefficient (Wildman–Crippen LogP) is 2.86. The van der Waals surface area contributed by atoms with E-state index in [1.165, 1.54) is 11.0 Å². The van der Waals surface area contributed by atoms with E-state index in [-0.39, 0.29) is 42.9 Å². The number of hydrogen-bond acceptors (Lipinski definition) is 7. The molecule has 3 rings (SSSR count). The van der Waals surface area contributed by atoms with Crippen LogP contribution < -0.4 is 21.3 Å². The number of nitrogens with zero attached hydrogens (tertiary/aromatic N) is 1. The highest BCUT2D eigenvalue weighted by Crippen LogP contribution is 2.65. The quantitative estimate of drug-likeness (QED) is 0.117. The molecule has 2 saturated carbocycles. The third-order valence-corrected chi connectivity index (χ3v) is 9.49. The van der Waals surface area contributed by atoms with Gasteiger partial charge < -0.3 is 30.9 Å². The SMILES string of the molecule is C=CCNC(=O)C(=O)C(CCC(F)(F)F)NC(=O)[C@@H]1[C@@H]2[C@H](CN1C(=O)[C@@H](NC(=O)N[C@H](C(=O)OCC1CC1)C(C)C)C(C)(C)C)C2(C)C. The molecule has 4 N–H and O–H groups in total. The topological polar surface area (TPSA) is 163 Å². The van der Waals surface area contributed by atoms with Crippen molar-refractivity contribution in [2.75, 3.05) is 19.7 Å². The molecule has 6 atom stereocenters. The van der Waals surface area contributed by atoms with Crippen molar-refractivity contribution in [1.82, 2.24) is 26.2 Å². The number of fused-ring (bicyclic) bond motifs is 1. The molecule has 270 valence electrons. The van der Waals surface area contributed by atoms with Gasteiger partial charge in [-0.2, -0.15) is 13.2 Å². The van der Waals surface area contributed by atoms with E-state index in [0.717, 1.165) is 12.8 Å². The van der Waals surface area contributed by atoms with E-state index in [9.17, 15) is 41.9 Å². The van der Waals surface area contributed by atoms with Crippen molar-refractivity contribution in [3.63, 3.8) is 0 Å². The molecule has 15 heteroatoms. The molecule has 3 fully saturated rings. The molecule has 0 aromatic heterocycles. The Labute approximate surface area is 279 Å². The van der Waals surface area contributed by atoms with Gasteiger partial charge >= 0.3 is 18.2 Å². The number of Topliss-reactive ketones (excluding diaryl/α,β-unsaturated/α-hetero) is 1. The summed E-state index contributed by atoms with van der Waals surface area (Å²) in [7, 11) is 0. The normalized spacial score (nSPS) is 23.2. The molecular formula is C33H50F3N5O7. The average Bonchev–Trinajstić information content (AvgIpc) is 3.84. The lowest BCUT2D eigenvalue weighted by Crippen LogP contribution is -2.62. The van der Waals surface area contributed by atoms with Crippen molar-refractivity contribution in [3.8, 4) is 0 Å². The summed E-state index contributed by atoms with van der Waals surface area (Å²) in [5, 5.41) is 9.85. The van der Waals surface area contributed by atoms with E-state index >= 15 is 0 Å². The lowest BCUT2D eigenvalue weighted by Gasteiger charge is -2.38. The molecule has 0 radical (unpaired) electrons. The fourth-order valence-electron chi connectivity index (χ4n) is 6.26. The summed E-state index contributed by atoms with van der Waals surface area (Å²) in [6.45, 7) is 16.1. The molecule has 1 heterocycles. The number of amides is 5. The summed E-state index contributed by atoms with van der Waals surface area (Å²) in [6, 6.07) is -5.93. The van der Waals surface area contributed by atoms with Crippen molar-refractivity contribution in [2.24, 2.45) is 34.5 Å². The molecule has 0 spiro atoms. The van der Waals surface area contributed by atoms with Crippen LogP contribution in [0.25, 0.3) is 0 Å². The third-order valence-electron chi connectivity index (χ3n) is 9.49. The number of urea groups is 1. The molecule has 1 aliphatic heterocycles. The van der Waals surface area contributed by atoms with Crippen LogP contribution in [0.5, 0.6) is 0 Å². The highest BCUT2D eigenvalue weighted by atomic mass is 19.4. The zero-order valence-corrected chi connectivity index (χ0v) is 28.8. The van der Waals surface area contributed by atoms with Gasteiger partial charge in [0, 0.05) is 19.5 Å². The third kappa shape index (κ3) is 9.71. The number of esters is 1.